The number of nitrogens with zero attached hydrogens (tertiary/aromatic N) is 2. The number of halogens is 2. The summed E-state index contributed by atoms with van der Waals surface area (Å²) in [6, 6.07) is 0. The summed E-state index contributed by atoms with van der Waals surface area (Å²) in [5.41, 5.74) is 2.39. The number of thiol groups is 1. The first-order valence-electron chi connectivity index (χ1n) is 2.48. The average molecular weight is 165 g/mol. The van der Waals surface area contributed by atoms with Gasteiger partial charge < -0.3 is 0 Å². The molecule has 1 aliphatic heterocycles. The molecule has 6 heteroatoms. The minimum atomic E-state index is -0.929. The van der Waals surface area contributed by atoms with Crippen molar-refractivity contribution in [2.45, 2.75) is 6.92 Å². The molecule has 56 valence electrons. The quantitative estimate of drug-likeness (QED) is 0.416. The molecule has 0 saturated carbocycles. The standard InChI is InChI=1S/C4H5F2N3S/c1-2-3(10)4(5)8-9(6)7-2/h7,10H,1H3. The smallest absolute Gasteiger partial charge is 0.250 e. The molecule has 10 heavy (non-hydrogen) atoms. The third-order valence-corrected chi connectivity index (χ3v) is 1.51. The minimum Gasteiger partial charge on any atom is -0.256 e. The Morgan fingerprint density at radius 1 is 1.70 bits per heavy atom. The number of hydrazone groups is 1. The second-order valence-electron chi connectivity index (χ2n) is 1.74. The molecule has 1 aliphatic rings. The van der Waals surface area contributed by atoms with Crippen molar-refractivity contribution < 1.29 is 8.87 Å². The van der Waals surface area contributed by atoms with Crippen molar-refractivity contribution in [2.75, 3.05) is 0 Å². The SMILES string of the molecule is CC1=C(S)C(F)=NN(F)N1. The highest BCUT2D eigenvalue weighted by Crippen LogP contribution is 2.15. The number of allylic oxidation sites excluding steroid dienone is 2. The molecule has 0 amide bonds. The maximum atomic E-state index is 12.4. The van der Waals surface area contributed by atoms with Crippen LogP contribution in [0.25, 0.3) is 0 Å². The van der Waals surface area contributed by atoms with Gasteiger partial charge in [0.15, 0.2) is 0 Å². The molecule has 3 nitrogen and oxygen atoms in total. The van der Waals surface area contributed by atoms with E-state index in [1.165, 1.54) is 6.92 Å². The number of nitrogens with one attached hydrogen (secondary N) is 1. The minimum absolute atomic E-state index is 0.0221. The van der Waals surface area contributed by atoms with Gasteiger partial charge in [-0.3, -0.25) is 5.43 Å². The molecule has 0 atom stereocenters. The van der Waals surface area contributed by atoms with E-state index in [-0.39, 0.29) is 10.2 Å². The molecule has 0 bridgehead atoms. The predicted octanol–water partition coefficient (Wildman–Crippen LogP) is 1.14. The third-order valence-electron chi connectivity index (χ3n) is 0.986. The lowest BCUT2D eigenvalue weighted by atomic mass is 10.4. The first-order chi connectivity index (χ1) is 4.61. The van der Waals surface area contributed by atoms with Crippen LogP contribution in [0.2, 0.25) is 0 Å². The highest BCUT2D eigenvalue weighted by atomic mass is 32.1. The van der Waals surface area contributed by atoms with Gasteiger partial charge >= 0.3 is 0 Å². The molecule has 1 N–H and O–H groups in total. The fraction of sp³-hybridized carbons (Fsp3) is 0.250. The van der Waals surface area contributed by atoms with Crippen LogP contribution >= 0.6 is 12.6 Å². The number of hydrazine groups is 1. The summed E-state index contributed by atoms with van der Waals surface area (Å²) < 4.78 is 24.5. The van der Waals surface area contributed by atoms with Crippen LogP contribution in [-0.4, -0.2) is 11.3 Å². The van der Waals surface area contributed by atoms with E-state index in [9.17, 15) is 8.87 Å². The van der Waals surface area contributed by atoms with Gasteiger partial charge in [-0.2, -0.15) is 4.39 Å². The van der Waals surface area contributed by atoms with Crippen LogP contribution < -0.4 is 5.43 Å². The van der Waals surface area contributed by atoms with Crippen LogP contribution in [0.15, 0.2) is 15.7 Å². The summed E-state index contributed by atoms with van der Waals surface area (Å²) in [7, 11) is 0. The normalized spacial score (nSPS) is 18.8. The van der Waals surface area contributed by atoms with E-state index >= 15 is 0 Å². The van der Waals surface area contributed by atoms with Gasteiger partial charge in [0.05, 0.1) is 10.6 Å². The van der Waals surface area contributed by atoms with Crippen molar-refractivity contribution >= 4 is 18.6 Å². The van der Waals surface area contributed by atoms with Crippen LogP contribution in [-0.2, 0) is 0 Å². The van der Waals surface area contributed by atoms with E-state index in [4.69, 9.17) is 0 Å². The van der Waals surface area contributed by atoms with Gasteiger partial charge in [-0.1, -0.05) is 9.58 Å². The van der Waals surface area contributed by atoms with E-state index in [1.807, 2.05) is 0 Å². The Labute approximate surface area is 61.7 Å². The largest absolute Gasteiger partial charge is 0.256 e. The Morgan fingerprint density at radius 3 is 2.80 bits per heavy atom. The molecule has 0 aromatic carbocycles. The van der Waals surface area contributed by atoms with Gasteiger partial charge in [0.2, 0.25) is 0 Å². The first kappa shape index (κ1) is 7.33. The van der Waals surface area contributed by atoms with Crippen molar-refractivity contribution in [1.82, 2.24) is 10.8 Å². The lowest BCUT2D eigenvalue weighted by molar-refractivity contribution is -0.0205. The molecule has 0 saturated heterocycles. The van der Waals surface area contributed by atoms with Gasteiger partial charge in [-0.05, 0) is 12.3 Å². The van der Waals surface area contributed by atoms with Crippen LogP contribution in [0.5, 0.6) is 0 Å². The Bertz CT molecular complexity index is 213. The topological polar surface area (TPSA) is 27.6 Å². The van der Waals surface area contributed by atoms with Crippen molar-refractivity contribution in [3.8, 4) is 0 Å². The third kappa shape index (κ3) is 1.21. The summed E-state index contributed by atoms with van der Waals surface area (Å²) >= 11 is 3.71. The van der Waals surface area contributed by atoms with Gasteiger partial charge in [0.25, 0.3) is 5.97 Å². The molecule has 0 aromatic heterocycles. The van der Waals surface area contributed by atoms with Crippen molar-refractivity contribution in [3.63, 3.8) is 0 Å². The molecule has 1 heterocycles. The van der Waals surface area contributed by atoms with Crippen LogP contribution in [0, 0.1) is 0 Å². The Morgan fingerprint density at radius 2 is 2.30 bits per heavy atom. The molecular formula is C4H5F2N3S. The van der Waals surface area contributed by atoms with Crippen molar-refractivity contribution in [1.29, 1.82) is 0 Å². The Hall–Kier alpha value is -0.780. The maximum Gasteiger partial charge on any atom is 0.250 e. The van der Waals surface area contributed by atoms with E-state index < -0.39 is 5.97 Å². The maximum absolute atomic E-state index is 12.4. The highest BCUT2D eigenvalue weighted by molar-refractivity contribution is 7.85. The second kappa shape index (κ2) is 2.45. The van der Waals surface area contributed by atoms with Gasteiger partial charge in [0, 0.05) is 0 Å². The Kier molecular flexibility index (Phi) is 1.80. The fourth-order valence-electron chi connectivity index (χ4n) is 0.496. The molecule has 0 fully saturated rings. The van der Waals surface area contributed by atoms with E-state index in [0.29, 0.717) is 5.70 Å². The van der Waals surface area contributed by atoms with Gasteiger partial charge in [0.1, 0.15) is 0 Å². The lowest BCUT2D eigenvalue weighted by Gasteiger charge is -2.16. The van der Waals surface area contributed by atoms with Crippen molar-refractivity contribution in [2.24, 2.45) is 5.10 Å². The molecule has 1 rings (SSSR count). The van der Waals surface area contributed by atoms with E-state index in [2.05, 4.69) is 23.2 Å². The van der Waals surface area contributed by atoms with Crippen LogP contribution in [0.1, 0.15) is 6.92 Å². The van der Waals surface area contributed by atoms with E-state index in [1.54, 1.807) is 0 Å². The molecule has 0 spiro atoms. The zero-order valence-electron chi connectivity index (χ0n) is 5.10. The monoisotopic (exact) mass is 165 g/mol. The summed E-state index contributed by atoms with van der Waals surface area (Å²) in [4.78, 5) is 0.0221. The van der Waals surface area contributed by atoms with Gasteiger partial charge in [-0.25, -0.2) is 0 Å². The zero-order chi connectivity index (χ0) is 7.72. The average Bonchev–Trinajstić information content (AvgIpc) is 1.82. The highest BCUT2D eigenvalue weighted by Gasteiger charge is 2.15. The number of rotatable bonds is 0. The zero-order valence-corrected chi connectivity index (χ0v) is 5.99. The molecule has 0 aromatic rings. The lowest BCUT2D eigenvalue weighted by Crippen LogP contribution is -2.30. The van der Waals surface area contributed by atoms with Crippen LogP contribution in [0.4, 0.5) is 8.87 Å². The van der Waals surface area contributed by atoms with Crippen molar-refractivity contribution in [3.05, 3.63) is 10.6 Å². The molecule has 0 unspecified atom stereocenters. The predicted molar refractivity (Wildman–Crippen MR) is 36.3 cm³/mol. The summed E-state index contributed by atoms with van der Waals surface area (Å²) in [6.07, 6.45) is 0. The first-order valence-corrected chi connectivity index (χ1v) is 2.93. The number of hydrogen-bond donors (Lipinski definition) is 2. The van der Waals surface area contributed by atoms with Gasteiger partial charge in [-0.15, -0.1) is 12.6 Å². The second-order valence-corrected chi connectivity index (χ2v) is 2.18. The number of hydrogen-bond acceptors (Lipinski definition) is 4. The fourth-order valence-corrected chi connectivity index (χ4v) is 0.590. The molecular weight excluding hydrogens is 160 g/mol. The summed E-state index contributed by atoms with van der Waals surface area (Å²) in [5.74, 6) is -0.929. The summed E-state index contributed by atoms with van der Waals surface area (Å²) in [5, 5.41) is 2.58. The summed E-state index contributed by atoms with van der Waals surface area (Å²) in [6.45, 7) is 1.49. The molecule has 0 aliphatic carbocycles. The Balaban J connectivity index is 2.90. The van der Waals surface area contributed by atoms with E-state index in [0.717, 1.165) is 0 Å². The van der Waals surface area contributed by atoms with Crippen LogP contribution in [0.3, 0.4) is 0 Å². The molecule has 0 radical (unpaired) electrons.